The van der Waals surface area contributed by atoms with Crippen molar-refractivity contribution in [3.63, 3.8) is 0 Å². The van der Waals surface area contributed by atoms with Gasteiger partial charge in [0.1, 0.15) is 11.6 Å². The van der Waals surface area contributed by atoms with Gasteiger partial charge < -0.3 is 15.4 Å². The Morgan fingerprint density at radius 1 is 1.07 bits per heavy atom. The molecule has 5 nitrogen and oxygen atoms in total. The van der Waals surface area contributed by atoms with E-state index in [0.29, 0.717) is 12.5 Å². The summed E-state index contributed by atoms with van der Waals surface area (Å²) in [5.74, 6) is 1.15. The summed E-state index contributed by atoms with van der Waals surface area (Å²) in [5, 5.41) is 0. The maximum absolute atomic E-state index is 12.9. The average Bonchev–Trinajstić information content (AvgIpc) is 3.13. The molecule has 0 saturated carbocycles. The van der Waals surface area contributed by atoms with Gasteiger partial charge in [0.05, 0.1) is 6.61 Å². The number of hydrogen-bond donors (Lipinski definition) is 1. The smallest absolute Gasteiger partial charge is 0.319 e. The first-order chi connectivity index (χ1) is 14.6. The molecule has 2 aromatic rings. The van der Waals surface area contributed by atoms with E-state index in [0.717, 1.165) is 63.2 Å². The number of rotatable bonds is 7. The molecule has 2 N–H and O–H groups in total. The van der Waals surface area contributed by atoms with Gasteiger partial charge in [0.2, 0.25) is 0 Å². The van der Waals surface area contributed by atoms with Crippen LogP contribution in [0.15, 0.2) is 48.5 Å². The summed E-state index contributed by atoms with van der Waals surface area (Å²) in [7, 11) is 0. The van der Waals surface area contributed by atoms with Gasteiger partial charge in [0, 0.05) is 18.3 Å². The molecule has 0 aliphatic carbocycles. The summed E-state index contributed by atoms with van der Waals surface area (Å²) in [4.78, 5) is 16.3. The van der Waals surface area contributed by atoms with Gasteiger partial charge in [-0.15, -0.1) is 0 Å². The van der Waals surface area contributed by atoms with Crippen LogP contribution < -0.4 is 15.4 Å². The van der Waals surface area contributed by atoms with Crippen molar-refractivity contribution in [1.29, 1.82) is 0 Å². The number of halogens is 1. The SMILES string of the molecule is NC(=O)N1c2ccccc2CC1CCN1CCC(CCOc2ccc(F)cc2)CC1. The van der Waals surface area contributed by atoms with Crippen LogP contribution in [0.1, 0.15) is 31.2 Å². The summed E-state index contributed by atoms with van der Waals surface area (Å²) < 4.78 is 18.7. The molecule has 30 heavy (non-hydrogen) atoms. The fraction of sp³-hybridized carbons (Fsp3) is 0.458. The summed E-state index contributed by atoms with van der Waals surface area (Å²) in [6.07, 6.45) is 5.18. The van der Waals surface area contributed by atoms with E-state index in [4.69, 9.17) is 10.5 Å². The third kappa shape index (κ3) is 4.93. The topological polar surface area (TPSA) is 58.8 Å². The molecule has 0 spiro atoms. The number of benzene rings is 2. The Kier molecular flexibility index (Phi) is 6.53. The molecule has 1 atom stereocenters. The third-order valence-corrected chi connectivity index (χ3v) is 6.40. The number of fused-ring (bicyclic) bond motifs is 1. The number of ether oxygens (including phenoxy) is 1. The monoisotopic (exact) mass is 411 g/mol. The fourth-order valence-electron chi connectivity index (χ4n) is 4.69. The highest BCUT2D eigenvalue weighted by atomic mass is 19.1. The van der Waals surface area contributed by atoms with E-state index in [1.807, 2.05) is 18.2 Å². The lowest BCUT2D eigenvalue weighted by Gasteiger charge is -2.33. The number of para-hydroxylation sites is 1. The van der Waals surface area contributed by atoms with Crippen molar-refractivity contribution in [3.05, 3.63) is 59.9 Å². The Hall–Kier alpha value is -2.60. The maximum atomic E-state index is 12.9. The molecule has 2 aromatic carbocycles. The second-order valence-corrected chi connectivity index (χ2v) is 8.36. The first-order valence-electron chi connectivity index (χ1n) is 10.9. The number of primary amides is 1. The van der Waals surface area contributed by atoms with Crippen LogP contribution in [0, 0.1) is 11.7 Å². The number of nitrogens with zero attached hydrogens (tertiary/aromatic N) is 2. The van der Waals surface area contributed by atoms with Crippen LogP contribution in [0.3, 0.4) is 0 Å². The van der Waals surface area contributed by atoms with Crippen LogP contribution in [0.4, 0.5) is 14.9 Å². The lowest BCUT2D eigenvalue weighted by Crippen LogP contribution is -2.44. The highest BCUT2D eigenvalue weighted by molar-refractivity contribution is 5.93. The van der Waals surface area contributed by atoms with Gasteiger partial charge in [-0.25, -0.2) is 9.18 Å². The number of carbonyl (C=O) groups excluding carboxylic acids is 1. The van der Waals surface area contributed by atoms with E-state index in [-0.39, 0.29) is 17.9 Å². The van der Waals surface area contributed by atoms with Crippen molar-refractivity contribution in [2.45, 2.75) is 38.1 Å². The van der Waals surface area contributed by atoms with Crippen LogP contribution in [0.2, 0.25) is 0 Å². The summed E-state index contributed by atoms with van der Waals surface area (Å²) in [6, 6.07) is 14.1. The Morgan fingerprint density at radius 3 is 2.53 bits per heavy atom. The minimum absolute atomic E-state index is 0.154. The zero-order valence-electron chi connectivity index (χ0n) is 17.3. The average molecular weight is 412 g/mol. The lowest BCUT2D eigenvalue weighted by atomic mass is 9.93. The van der Waals surface area contributed by atoms with Gasteiger partial charge in [0.15, 0.2) is 0 Å². The third-order valence-electron chi connectivity index (χ3n) is 6.40. The minimum Gasteiger partial charge on any atom is -0.494 e. The molecule has 2 amide bonds. The number of likely N-dealkylation sites (tertiary alicyclic amines) is 1. The van der Waals surface area contributed by atoms with E-state index >= 15 is 0 Å². The van der Waals surface area contributed by atoms with Gasteiger partial charge in [-0.2, -0.15) is 0 Å². The van der Waals surface area contributed by atoms with Crippen molar-refractivity contribution in [1.82, 2.24) is 4.90 Å². The van der Waals surface area contributed by atoms with Crippen LogP contribution in [0.25, 0.3) is 0 Å². The number of nitrogens with two attached hydrogens (primary N) is 1. The molecule has 2 aliphatic rings. The minimum atomic E-state index is -0.357. The molecule has 0 radical (unpaired) electrons. The molecule has 2 heterocycles. The fourth-order valence-corrected chi connectivity index (χ4v) is 4.69. The molecule has 4 rings (SSSR count). The predicted octanol–water partition coefficient (Wildman–Crippen LogP) is 4.21. The Labute approximate surface area is 177 Å². The summed E-state index contributed by atoms with van der Waals surface area (Å²) in [6.45, 7) is 3.82. The van der Waals surface area contributed by atoms with Crippen LogP contribution in [0.5, 0.6) is 5.75 Å². The number of anilines is 1. The van der Waals surface area contributed by atoms with Crippen molar-refractivity contribution >= 4 is 11.7 Å². The number of piperidine rings is 1. The van der Waals surface area contributed by atoms with Gasteiger partial charge in [-0.05, 0) is 87.0 Å². The van der Waals surface area contributed by atoms with E-state index in [1.165, 1.54) is 17.7 Å². The van der Waals surface area contributed by atoms with Gasteiger partial charge in [-0.1, -0.05) is 18.2 Å². The highest BCUT2D eigenvalue weighted by Crippen LogP contribution is 2.33. The molecule has 6 heteroatoms. The molecule has 1 fully saturated rings. The summed E-state index contributed by atoms with van der Waals surface area (Å²) >= 11 is 0. The molecular weight excluding hydrogens is 381 g/mol. The second-order valence-electron chi connectivity index (χ2n) is 8.36. The zero-order chi connectivity index (χ0) is 20.9. The zero-order valence-corrected chi connectivity index (χ0v) is 17.3. The van der Waals surface area contributed by atoms with Crippen molar-refractivity contribution < 1.29 is 13.9 Å². The number of urea groups is 1. The van der Waals surface area contributed by atoms with E-state index in [1.54, 1.807) is 17.0 Å². The summed E-state index contributed by atoms with van der Waals surface area (Å²) in [5.41, 5.74) is 7.85. The van der Waals surface area contributed by atoms with Gasteiger partial charge >= 0.3 is 6.03 Å². The largest absolute Gasteiger partial charge is 0.494 e. The molecule has 0 aromatic heterocycles. The number of hydrogen-bond acceptors (Lipinski definition) is 3. The van der Waals surface area contributed by atoms with Crippen molar-refractivity contribution in [2.24, 2.45) is 11.7 Å². The molecule has 1 unspecified atom stereocenters. The first kappa shape index (κ1) is 20.7. The van der Waals surface area contributed by atoms with Gasteiger partial charge in [-0.3, -0.25) is 4.90 Å². The Morgan fingerprint density at radius 2 is 1.80 bits per heavy atom. The molecule has 160 valence electrons. The van der Waals surface area contributed by atoms with Crippen LogP contribution in [-0.2, 0) is 6.42 Å². The quantitative estimate of drug-likeness (QED) is 0.743. The van der Waals surface area contributed by atoms with E-state index in [2.05, 4.69) is 11.0 Å². The normalized spacial score (nSPS) is 19.6. The van der Waals surface area contributed by atoms with E-state index < -0.39 is 0 Å². The number of carbonyl (C=O) groups is 1. The Balaban J connectivity index is 1.18. The standard InChI is InChI=1S/C24H30FN3O2/c25-20-5-7-22(8-6-20)30-16-12-18-9-13-27(14-10-18)15-11-21-17-19-3-1-2-4-23(19)28(21)24(26)29/h1-8,18,21H,9-17H2,(H2,26,29). The highest BCUT2D eigenvalue weighted by Gasteiger charge is 2.32. The van der Waals surface area contributed by atoms with E-state index in [9.17, 15) is 9.18 Å². The maximum Gasteiger partial charge on any atom is 0.319 e. The van der Waals surface area contributed by atoms with Gasteiger partial charge in [0.25, 0.3) is 0 Å². The molecule has 1 saturated heterocycles. The van der Waals surface area contributed by atoms with Crippen molar-refractivity contribution in [3.8, 4) is 5.75 Å². The Bertz CT molecular complexity index is 850. The predicted molar refractivity (Wildman–Crippen MR) is 116 cm³/mol. The molecule has 0 bridgehead atoms. The first-order valence-corrected chi connectivity index (χ1v) is 10.9. The van der Waals surface area contributed by atoms with Crippen molar-refractivity contribution in [2.75, 3.05) is 31.1 Å². The molecule has 2 aliphatic heterocycles. The van der Waals surface area contributed by atoms with Crippen LogP contribution >= 0.6 is 0 Å². The number of amides is 2. The molecular formula is C24H30FN3O2. The lowest BCUT2D eigenvalue weighted by molar-refractivity contribution is 0.159. The van der Waals surface area contributed by atoms with Crippen LogP contribution in [-0.4, -0.2) is 43.2 Å². The second kappa shape index (κ2) is 9.47.